The van der Waals surface area contributed by atoms with Gasteiger partial charge in [-0.05, 0) is 19.1 Å². The van der Waals surface area contributed by atoms with Gasteiger partial charge in [-0.3, -0.25) is 14.9 Å². The minimum Gasteiger partial charge on any atom is -0.326 e. The van der Waals surface area contributed by atoms with Gasteiger partial charge in [-0.2, -0.15) is 10.1 Å². The second-order valence-corrected chi connectivity index (χ2v) is 4.55. The van der Waals surface area contributed by atoms with Crippen molar-refractivity contribution in [1.82, 2.24) is 14.8 Å². The quantitative estimate of drug-likeness (QED) is 0.875. The fraction of sp³-hybridized carbons (Fsp3) is 0.231. The van der Waals surface area contributed by atoms with Gasteiger partial charge in [-0.1, -0.05) is 18.2 Å². The number of aryl methyl sites for hydroxylation is 1. The van der Waals surface area contributed by atoms with Crippen LogP contribution in [-0.2, 0) is 9.59 Å². The highest BCUT2D eigenvalue weighted by atomic mass is 16.2. The number of carbonyl (C=O) groups is 2. The molecule has 1 aromatic carbocycles. The van der Waals surface area contributed by atoms with Crippen LogP contribution in [0.4, 0.5) is 11.6 Å². The SMILES string of the molecule is Cc1nc2n(n1)[C@@H](CC(=O)Nc1ccccc1)C(=O)N2. The first-order chi connectivity index (χ1) is 9.63. The number of fused-ring (bicyclic) bond motifs is 1. The molecule has 1 aliphatic rings. The molecule has 3 rings (SSSR count). The predicted octanol–water partition coefficient (Wildman–Crippen LogP) is 1.11. The number of carbonyl (C=O) groups excluding carboxylic acids is 2. The lowest BCUT2D eigenvalue weighted by atomic mass is 10.2. The summed E-state index contributed by atoms with van der Waals surface area (Å²) in [4.78, 5) is 27.8. The molecule has 0 aliphatic carbocycles. The number of amides is 2. The number of anilines is 2. The van der Waals surface area contributed by atoms with Crippen molar-refractivity contribution < 1.29 is 9.59 Å². The Balaban J connectivity index is 1.71. The van der Waals surface area contributed by atoms with Gasteiger partial charge in [0.15, 0.2) is 0 Å². The van der Waals surface area contributed by atoms with Gasteiger partial charge in [0.1, 0.15) is 11.9 Å². The number of aromatic nitrogens is 3. The number of para-hydroxylation sites is 1. The van der Waals surface area contributed by atoms with Crippen molar-refractivity contribution >= 4 is 23.5 Å². The molecule has 0 bridgehead atoms. The van der Waals surface area contributed by atoms with Crippen LogP contribution < -0.4 is 10.6 Å². The van der Waals surface area contributed by atoms with Crippen molar-refractivity contribution in [2.24, 2.45) is 0 Å². The van der Waals surface area contributed by atoms with Gasteiger partial charge in [0.25, 0.3) is 5.91 Å². The van der Waals surface area contributed by atoms with E-state index in [2.05, 4.69) is 20.7 Å². The Labute approximate surface area is 115 Å². The van der Waals surface area contributed by atoms with E-state index in [0.29, 0.717) is 17.5 Å². The van der Waals surface area contributed by atoms with Crippen molar-refractivity contribution in [2.45, 2.75) is 19.4 Å². The Morgan fingerprint density at radius 2 is 2.15 bits per heavy atom. The molecule has 2 aromatic rings. The summed E-state index contributed by atoms with van der Waals surface area (Å²) in [7, 11) is 0. The average molecular weight is 271 g/mol. The monoisotopic (exact) mass is 271 g/mol. The molecular formula is C13H13N5O2. The third-order valence-corrected chi connectivity index (χ3v) is 3.01. The van der Waals surface area contributed by atoms with Crippen molar-refractivity contribution in [3.8, 4) is 0 Å². The summed E-state index contributed by atoms with van der Waals surface area (Å²) in [6.45, 7) is 1.73. The molecule has 0 radical (unpaired) electrons. The standard InChI is InChI=1S/C13H13N5O2/c1-8-14-13-16-12(20)10(18(13)17-8)7-11(19)15-9-5-3-2-4-6-9/h2-6,10H,7H2,1H3,(H,15,19)(H,14,16,17,20)/t10-/m0/s1. The van der Waals surface area contributed by atoms with Gasteiger partial charge in [0.2, 0.25) is 11.9 Å². The number of nitrogens with one attached hydrogen (secondary N) is 2. The fourth-order valence-corrected chi connectivity index (χ4v) is 2.13. The maximum absolute atomic E-state index is 12.0. The van der Waals surface area contributed by atoms with Crippen molar-refractivity contribution in [3.05, 3.63) is 36.2 Å². The molecule has 7 nitrogen and oxygen atoms in total. The number of benzene rings is 1. The zero-order valence-corrected chi connectivity index (χ0v) is 10.8. The van der Waals surface area contributed by atoms with E-state index in [0.717, 1.165) is 0 Å². The summed E-state index contributed by atoms with van der Waals surface area (Å²) in [6, 6.07) is 8.46. The van der Waals surface area contributed by atoms with Crippen LogP contribution in [0.5, 0.6) is 0 Å². The molecule has 2 N–H and O–H groups in total. The normalized spacial score (nSPS) is 16.6. The van der Waals surface area contributed by atoms with Crippen molar-refractivity contribution in [1.29, 1.82) is 0 Å². The summed E-state index contributed by atoms with van der Waals surface area (Å²) < 4.78 is 1.46. The molecule has 7 heteroatoms. The molecule has 1 aliphatic heterocycles. The summed E-state index contributed by atoms with van der Waals surface area (Å²) in [5.41, 5.74) is 0.700. The highest BCUT2D eigenvalue weighted by molar-refractivity contribution is 6.00. The smallest absolute Gasteiger partial charge is 0.252 e. The average Bonchev–Trinajstić information content (AvgIpc) is 2.89. The topological polar surface area (TPSA) is 88.9 Å². The molecule has 2 heterocycles. The lowest BCUT2D eigenvalue weighted by Gasteiger charge is -2.09. The molecule has 0 saturated heterocycles. The van der Waals surface area contributed by atoms with E-state index in [9.17, 15) is 9.59 Å². The molecular weight excluding hydrogens is 258 g/mol. The fourth-order valence-electron chi connectivity index (χ4n) is 2.13. The van der Waals surface area contributed by atoms with Crippen LogP contribution in [0, 0.1) is 6.92 Å². The van der Waals surface area contributed by atoms with Crippen molar-refractivity contribution in [3.63, 3.8) is 0 Å². The van der Waals surface area contributed by atoms with Gasteiger partial charge >= 0.3 is 0 Å². The van der Waals surface area contributed by atoms with E-state index >= 15 is 0 Å². The Hall–Kier alpha value is -2.70. The summed E-state index contributed by atoms with van der Waals surface area (Å²) in [5, 5.41) is 9.48. The molecule has 0 fully saturated rings. The second-order valence-electron chi connectivity index (χ2n) is 4.55. The van der Waals surface area contributed by atoms with Crippen molar-refractivity contribution in [2.75, 3.05) is 10.6 Å². The van der Waals surface area contributed by atoms with Gasteiger partial charge in [0, 0.05) is 5.69 Å². The Bertz CT molecular complexity index is 665. The summed E-state index contributed by atoms with van der Waals surface area (Å²) in [6.07, 6.45) is 0.0243. The minimum atomic E-state index is -0.644. The maximum atomic E-state index is 12.0. The van der Waals surface area contributed by atoms with Gasteiger partial charge < -0.3 is 5.32 Å². The van der Waals surface area contributed by atoms with Gasteiger partial charge in [0.05, 0.1) is 6.42 Å². The number of rotatable bonds is 3. The van der Waals surface area contributed by atoms with Crippen LogP contribution in [-0.4, -0.2) is 26.6 Å². The highest BCUT2D eigenvalue weighted by Gasteiger charge is 2.34. The Morgan fingerprint density at radius 3 is 2.90 bits per heavy atom. The van der Waals surface area contributed by atoms with Crippen LogP contribution in [0.15, 0.2) is 30.3 Å². The van der Waals surface area contributed by atoms with E-state index in [1.807, 2.05) is 18.2 Å². The first-order valence-electron chi connectivity index (χ1n) is 6.22. The van der Waals surface area contributed by atoms with Crippen LogP contribution in [0.2, 0.25) is 0 Å². The van der Waals surface area contributed by atoms with E-state index in [1.165, 1.54) is 4.68 Å². The third-order valence-electron chi connectivity index (χ3n) is 3.01. The first-order valence-corrected chi connectivity index (χ1v) is 6.22. The highest BCUT2D eigenvalue weighted by Crippen LogP contribution is 2.25. The van der Waals surface area contributed by atoms with Gasteiger partial charge in [-0.25, -0.2) is 4.68 Å². The van der Waals surface area contributed by atoms with Gasteiger partial charge in [-0.15, -0.1) is 0 Å². The molecule has 1 aromatic heterocycles. The number of hydrogen-bond acceptors (Lipinski definition) is 4. The molecule has 20 heavy (non-hydrogen) atoms. The van der Waals surface area contributed by atoms with Crippen LogP contribution in [0.25, 0.3) is 0 Å². The van der Waals surface area contributed by atoms with E-state index in [1.54, 1.807) is 19.1 Å². The molecule has 2 amide bonds. The van der Waals surface area contributed by atoms with Crippen LogP contribution in [0.3, 0.4) is 0 Å². The molecule has 0 unspecified atom stereocenters. The Kier molecular flexibility index (Phi) is 2.94. The molecule has 0 saturated carbocycles. The molecule has 1 atom stereocenters. The second kappa shape index (κ2) is 4.76. The van der Waals surface area contributed by atoms with E-state index in [4.69, 9.17) is 0 Å². The zero-order valence-electron chi connectivity index (χ0n) is 10.8. The van der Waals surface area contributed by atoms with Crippen LogP contribution in [0.1, 0.15) is 18.3 Å². The summed E-state index contributed by atoms with van der Waals surface area (Å²) in [5.74, 6) is 0.457. The number of nitrogens with zero attached hydrogens (tertiary/aromatic N) is 3. The molecule has 0 spiro atoms. The third kappa shape index (κ3) is 2.25. The summed E-state index contributed by atoms with van der Waals surface area (Å²) >= 11 is 0. The maximum Gasteiger partial charge on any atom is 0.252 e. The van der Waals surface area contributed by atoms with E-state index < -0.39 is 6.04 Å². The van der Waals surface area contributed by atoms with Crippen LogP contribution >= 0.6 is 0 Å². The van der Waals surface area contributed by atoms with E-state index in [-0.39, 0.29) is 18.2 Å². The Morgan fingerprint density at radius 1 is 1.40 bits per heavy atom. The first kappa shape index (κ1) is 12.3. The minimum absolute atomic E-state index is 0.0243. The largest absolute Gasteiger partial charge is 0.326 e. The lowest BCUT2D eigenvalue weighted by molar-refractivity contribution is -0.123. The molecule has 102 valence electrons. The predicted molar refractivity (Wildman–Crippen MR) is 72.1 cm³/mol. The number of hydrogen-bond donors (Lipinski definition) is 2. The zero-order chi connectivity index (χ0) is 14.1. The lowest BCUT2D eigenvalue weighted by Crippen LogP contribution is -2.23.